The van der Waals surface area contributed by atoms with Gasteiger partial charge in [0, 0.05) is 36.4 Å². The fourth-order valence-corrected chi connectivity index (χ4v) is 6.23. The molecule has 2 saturated heterocycles. The number of morpholine rings is 1. The summed E-state index contributed by atoms with van der Waals surface area (Å²) in [4.78, 5) is 6.35. The summed E-state index contributed by atoms with van der Waals surface area (Å²) in [5, 5.41) is 10.7. The Morgan fingerprint density at radius 3 is 2.78 bits per heavy atom. The van der Waals surface area contributed by atoms with Gasteiger partial charge in [-0.1, -0.05) is 12.1 Å². The van der Waals surface area contributed by atoms with Crippen molar-refractivity contribution in [1.82, 2.24) is 9.29 Å². The third-order valence-corrected chi connectivity index (χ3v) is 7.86. The summed E-state index contributed by atoms with van der Waals surface area (Å²) in [6.45, 7) is 2.44. The molecule has 7 nitrogen and oxygen atoms in total. The zero-order valence-corrected chi connectivity index (χ0v) is 18.5. The lowest BCUT2D eigenvalue weighted by Crippen LogP contribution is -2.50. The molecule has 2 aromatic rings. The van der Waals surface area contributed by atoms with Crippen LogP contribution in [-0.2, 0) is 14.8 Å². The number of fused-ring (bicyclic) bond motifs is 1. The minimum Gasteiger partial charge on any atom is -0.391 e. The number of β-amino-alcohol motifs (C(OH)–C–C–N with tert-alkyl or cyclic N) is 1. The maximum Gasteiger partial charge on any atom is 0.390 e. The number of aliphatic hydroxyl groups excluding tert-OH is 1. The molecule has 11 heteroatoms. The third kappa shape index (κ3) is 4.70. The number of anilines is 1. The van der Waals surface area contributed by atoms with Crippen molar-refractivity contribution >= 4 is 26.6 Å². The summed E-state index contributed by atoms with van der Waals surface area (Å²) < 4.78 is 72.4. The predicted octanol–water partition coefficient (Wildman–Crippen LogP) is 2.85. The third-order valence-electron chi connectivity index (χ3n) is 5.87. The molecular weight excluding hydrogens is 447 g/mol. The summed E-state index contributed by atoms with van der Waals surface area (Å²) in [5.74, 6) is 0. The highest BCUT2D eigenvalue weighted by molar-refractivity contribution is 7.89. The van der Waals surface area contributed by atoms with Gasteiger partial charge in [-0.2, -0.15) is 17.5 Å². The van der Waals surface area contributed by atoms with E-state index in [1.54, 1.807) is 19.1 Å². The highest BCUT2D eigenvalue weighted by Crippen LogP contribution is 2.35. The normalized spacial score (nSPS) is 23.6. The Balaban J connectivity index is 1.80. The first-order valence-corrected chi connectivity index (χ1v) is 12.0. The minimum atomic E-state index is -4.52. The molecule has 0 radical (unpaired) electrons. The van der Waals surface area contributed by atoms with E-state index in [9.17, 15) is 26.7 Å². The summed E-state index contributed by atoms with van der Waals surface area (Å²) in [6.07, 6.45) is -4.77. The van der Waals surface area contributed by atoms with Crippen LogP contribution in [0.3, 0.4) is 0 Å². The van der Waals surface area contributed by atoms with Gasteiger partial charge in [-0.15, -0.1) is 0 Å². The number of halogens is 3. The highest BCUT2D eigenvalue weighted by atomic mass is 32.2. The summed E-state index contributed by atoms with van der Waals surface area (Å²) >= 11 is 0. The van der Waals surface area contributed by atoms with Crippen molar-refractivity contribution in [1.29, 1.82) is 0 Å². The first-order valence-electron chi connectivity index (χ1n) is 10.6. The number of aryl methyl sites for hydroxylation is 1. The molecule has 1 aromatic carbocycles. The Kier molecular flexibility index (Phi) is 6.36. The molecule has 1 N–H and O–H groups in total. The Labute approximate surface area is 184 Å². The molecule has 1 unspecified atom stereocenters. The van der Waals surface area contributed by atoms with E-state index >= 15 is 0 Å². The molecule has 176 valence electrons. The minimum absolute atomic E-state index is 0.0295. The van der Waals surface area contributed by atoms with Gasteiger partial charge in [-0.25, -0.2) is 8.42 Å². The van der Waals surface area contributed by atoms with Crippen molar-refractivity contribution < 1.29 is 31.4 Å². The molecule has 4 rings (SSSR count). The second-order valence-corrected chi connectivity index (χ2v) is 10.2. The molecule has 2 atom stereocenters. The zero-order valence-electron chi connectivity index (χ0n) is 17.7. The molecule has 0 spiro atoms. The topological polar surface area (TPSA) is 83.0 Å². The van der Waals surface area contributed by atoms with Crippen molar-refractivity contribution in [3.63, 3.8) is 0 Å². The molecular formula is C21H26F3N3O4S. The van der Waals surface area contributed by atoms with E-state index in [1.807, 2.05) is 11.0 Å². The first-order chi connectivity index (χ1) is 15.1. The molecule has 0 saturated carbocycles. The van der Waals surface area contributed by atoms with Crippen molar-refractivity contribution in [3.05, 3.63) is 30.0 Å². The summed E-state index contributed by atoms with van der Waals surface area (Å²) in [5.41, 5.74) is 1.57. The second kappa shape index (κ2) is 8.77. The Morgan fingerprint density at radius 1 is 1.28 bits per heavy atom. The van der Waals surface area contributed by atoms with Gasteiger partial charge in [-0.3, -0.25) is 4.98 Å². The average molecular weight is 474 g/mol. The number of aromatic nitrogens is 1. The number of aliphatic hydroxyl groups is 1. The first kappa shape index (κ1) is 23.2. The number of alkyl halides is 3. The van der Waals surface area contributed by atoms with Crippen LogP contribution in [0.1, 0.15) is 25.0 Å². The number of hydrogen-bond donors (Lipinski definition) is 1. The van der Waals surface area contributed by atoms with E-state index in [0.717, 1.165) is 16.4 Å². The maximum atomic E-state index is 13.6. The number of sulfonamides is 1. The van der Waals surface area contributed by atoms with Crippen molar-refractivity contribution in [3.8, 4) is 0 Å². The largest absolute Gasteiger partial charge is 0.391 e. The van der Waals surface area contributed by atoms with Crippen LogP contribution in [0.2, 0.25) is 0 Å². The van der Waals surface area contributed by atoms with Crippen LogP contribution in [0.5, 0.6) is 0 Å². The van der Waals surface area contributed by atoms with Crippen LogP contribution in [-0.4, -0.2) is 74.0 Å². The van der Waals surface area contributed by atoms with E-state index in [0.29, 0.717) is 30.6 Å². The van der Waals surface area contributed by atoms with Gasteiger partial charge in [0.15, 0.2) is 0 Å². The molecule has 0 aliphatic carbocycles. The van der Waals surface area contributed by atoms with Crippen LogP contribution in [0.15, 0.2) is 29.2 Å². The quantitative estimate of drug-likeness (QED) is 0.736. The standard InChI is InChI=1S/C21H26F3N3O4S/c1-14-10-18(26-7-3-4-16(28)12-26)17-5-2-6-19(20(17)25-14)32(29,30)27-8-9-31-13-15(27)11-21(22,23)24/h2,5-6,10,15-16,28H,3-4,7-9,11-13H2,1H3/t15?,16-/m1/s1. The molecule has 0 amide bonds. The fourth-order valence-electron chi connectivity index (χ4n) is 4.48. The maximum absolute atomic E-state index is 13.6. The molecule has 2 aliphatic rings. The molecule has 32 heavy (non-hydrogen) atoms. The van der Waals surface area contributed by atoms with Crippen LogP contribution in [0.25, 0.3) is 10.9 Å². The number of pyridine rings is 1. The predicted molar refractivity (Wildman–Crippen MR) is 113 cm³/mol. The van der Waals surface area contributed by atoms with E-state index in [2.05, 4.69) is 4.98 Å². The number of piperidine rings is 1. The summed E-state index contributed by atoms with van der Waals surface area (Å²) in [6, 6.07) is 5.24. The van der Waals surface area contributed by atoms with Gasteiger partial charge in [-0.05, 0) is 31.9 Å². The molecule has 1 aromatic heterocycles. The van der Waals surface area contributed by atoms with Gasteiger partial charge in [0.1, 0.15) is 4.90 Å². The number of rotatable bonds is 4. The Morgan fingerprint density at radius 2 is 2.06 bits per heavy atom. The lowest BCUT2D eigenvalue weighted by molar-refractivity contribution is -0.152. The van der Waals surface area contributed by atoms with E-state index < -0.39 is 34.8 Å². The zero-order chi connectivity index (χ0) is 23.1. The van der Waals surface area contributed by atoms with Gasteiger partial charge in [0.25, 0.3) is 0 Å². The Bertz CT molecular complexity index is 1090. The van der Waals surface area contributed by atoms with Crippen molar-refractivity contribution in [2.75, 3.05) is 37.7 Å². The lowest BCUT2D eigenvalue weighted by atomic mass is 10.1. The van der Waals surface area contributed by atoms with Crippen LogP contribution >= 0.6 is 0 Å². The van der Waals surface area contributed by atoms with Crippen LogP contribution in [0.4, 0.5) is 18.9 Å². The van der Waals surface area contributed by atoms with E-state index in [-0.39, 0.29) is 30.2 Å². The highest BCUT2D eigenvalue weighted by Gasteiger charge is 2.42. The number of ether oxygens (including phenoxy) is 1. The van der Waals surface area contributed by atoms with Gasteiger partial charge < -0.3 is 14.7 Å². The van der Waals surface area contributed by atoms with Crippen molar-refractivity contribution in [2.24, 2.45) is 0 Å². The Hall–Kier alpha value is -1.95. The van der Waals surface area contributed by atoms with Gasteiger partial charge in [0.2, 0.25) is 10.0 Å². The van der Waals surface area contributed by atoms with E-state index in [4.69, 9.17) is 4.74 Å². The van der Waals surface area contributed by atoms with Crippen molar-refractivity contribution in [2.45, 2.75) is 49.4 Å². The number of nitrogens with zero attached hydrogens (tertiary/aromatic N) is 3. The van der Waals surface area contributed by atoms with Gasteiger partial charge in [0.05, 0.1) is 37.3 Å². The van der Waals surface area contributed by atoms with Crippen LogP contribution < -0.4 is 4.90 Å². The SMILES string of the molecule is Cc1cc(N2CCC[C@@H](O)C2)c2cccc(S(=O)(=O)N3CCOCC3CC(F)(F)F)c2n1. The number of benzene rings is 1. The molecule has 0 bridgehead atoms. The van der Waals surface area contributed by atoms with E-state index in [1.165, 1.54) is 6.07 Å². The molecule has 2 aliphatic heterocycles. The monoisotopic (exact) mass is 473 g/mol. The van der Waals surface area contributed by atoms with Crippen LogP contribution in [0, 0.1) is 6.92 Å². The lowest BCUT2D eigenvalue weighted by Gasteiger charge is -2.35. The smallest absolute Gasteiger partial charge is 0.390 e. The summed E-state index contributed by atoms with van der Waals surface area (Å²) in [7, 11) is -4.26. The fraction of sp³-hybridized carbons (Fsp3) is 0.571. The average Bonchev–Trinajstić information content (AvgIpc) is 2.71. The second-order valence-electron chi connectivity index (χ2n) is 8.34. The number of para-hydroxylation sites is 1. The molecule has 2 fully saturated rings. The molecule has 3 heterocycles. The number of hydrogen-bond acceptors (Lipinski definition) is 6. The van der Waals surface area contributed by atoms with Gasteiger partial charge >= 0.3 is 6.18 Å².